The standard InChI is InChI=1S/C18H12N2O/c1-3-7-13(8-4-1)16-15-11-12-21-18(15)20-17(19-16)14-9-5-2-6-10-14/h1-12H. The molecule has 4 aromatic rings. The molecular formula is C18H12N2O. The highest BCUT2D eigenvalue weighted by atomic mass is 16.3. The van der Waals surface area contributed by atoms with Crippen molar-refractivity contribution < 1.29 is 4.42 Å². The minimum absolute atomic E-state index is 0.614. The fraction of sp³-hybridized carbons (Fsp3) is 0. The molecule has 0 aliphatic rings. The molecule has 0 aliphatic heterocycles. The molecule has 0 amide bonds. The van der Waals surface area contributed by atoms with E-state index in [1.807, 2.05) is 66.7 Å². The predicted octanol–water partition coefficient (Wildman–Crippen LogP) is 4.56. The van der Waals surface area contributed by atoms with Gasteiger partial charge < -0.3 is 4.42 Å². The quantitative estimate of drug-likeness (QED) is 0.537. The van der Waals surface area contributed by atoms with Crippen LogP contribution in [0.3, 0.4) is 0 Å². The fourth-order valence-corrected chi connectivity index (χ4v) is 2.39. The number of furan rings is 1. The SMILES string of the molecule is c1ccc(-c2nc(-c3ccccc3)c3ccoc3n2)cc1. The Labute approximate surface area is 121 Å². The molecular weight excluding hydrogens is 260 g/mol. The minimum atomic E-state index is 0.614. The van der Waals surface area contributed by atoms with Gasteiger partial charge in [-0.3, -0.25) is 0 Å². The van der Waals surface area contributed by atoms with Crippen LogP contribution in [-0.4, -0.2) is 9.97 Å². The Bertz CT molecular complexity index is 883. The Balaban J connectivity index is 2.00. The normalized spacial score (nSPS) is 10.9. The maximum absolute atomic E-state index is 5.49. The molecule has 0 atom stereocenters. The molecule has 0 radical (unpaired) electrons. The number of hydrogen-bond donors (Lipinski definition) is 0. The highest BCUT2D eigenvalue weighted by Crippen LogP contribution is 2.29. The summed E-state index contributed by atoms with van der Waals surface area (Å²) >= 11 is 0. The van der Waals surface area contributed by atoms with Gasteiger partial charge in [-0.15, -0.1) is 0 Å². The molecule has 0 bridgehead atoms. The van der Waals surface area contributed by atoms with E-state index in [0.717, 1.165) is 22.2 Å². The third kappa shape index (κ3) is 2.09. The van der Waals surface area contributed by atoms with Crippen molar-refractivity contribution >= 4 is 11.1 Å². The number of nitrogens with zero attached hydrogens (tertiary/aromatic N) is 2. The van der Waals surface area contributed by atoms with Crippen LogP contribution < -0.4 is 0 Å². The molecule has 0 unspecified atom stereocenters. The van der Waals surface area contributed by atoms with E-state index < -0.39 is 0 Å². The van der Waals surface area contributed by atoms with Gasteiger partial charge in [-0.1, -0.05) is 60.7 Å². The zero-order valence-corrected chi connectivity index (χ0v) is 11.2. The van der Waals surface area contributed by atoms with E-state index in [4.69, 9.17) is 9.40 Å². The predicted molar refractivity (Wildman–Crippen MR) is 82.7 cm³/mol. The molecule has 0 saturated carbocycles. The first-order chi connectivity index (χ1) is 10.4. The van der Waals surface area contributed by atoms with Crippen molar-refractivity contribution in [3.63, 3.8) is 0 Å². The first-order valence-electron chi connectivity index (χ1n) is 6.78. The minimum Gasteiger partial charge on any atom is -0.446 e. The summed E-state index contributed by atoms with van der Waals surface area (Å²) in [6, 6.07) is 21.9. The van der Waals surface area contributed by atoms with Crippen molar-refractivity contribution in [3.8, 4) is 22.6 Å². The van der Waals surface area contributed by atoms with Crippen molar-refractivity contribution in [2.24, 2.45) is 0 Å². The van der Waals surface area contributed by atoms with E-state index in [2.05, 4.69) is 4.98 Å². The van der Waals surface area contributed by atoms with Crippen LogP contribution >= 0.6 is 0 Å². The third-order valence-electron chi connectivity index (χ3n) is 3.40. The zero-order valence-electron chi connectivity index (χ0n) is 11.2. The zero-order chi connectivity index (χ0) is 14.1. The molecule has 2 aromatic heterocycles. The summed E-state index contributed by atoms with van der Waals surface area (Å²) in [5, 5.41) is 0.931. The maximum atomic E-state index is 5.49. The highest BCUT2D eigenvalue weighted by Gasteiger charge is 2.12. The number of fused-ring (bicyclic) bond motifs is 1. The third-order valence-corrected chi connectivity index (χ3v) is 3.40. The Kier molecular flexibility index (Phi) is 2.75. The summed E-state index contributed by atoms with van der Waals surface area (Å²) in [6.45, 7) is 0. The Morgan fingerprint density at radius 3 is 2.05 bits per heavy atom. The van der Waals surface area contributed by atoms with Crippen molar-refractivity contribution in [3.05, 3.63) is 73.0 Å². The molecule has 0 aliphatic carbocycles. The lowest BCUT2D eigenvalue weighted by molar-refractivity contribution is 0.603. The monoisotopic (exact) mass is 272 g/mol. The van der Waals surface area contributed by atoms with Gasteiger partial charge in [0.15, 0.2) is 5.82 Å². The topological polar surface area (TPSA) is 38.9 Å². The summed E-state index contributed by atoms with van der Waals surface area (Å²) in [5.41, 5.74) is 3.55. The molecule has 0 fully saturated rings. The van der Waals surface area contributed by atoms with Gasteiger partial charge >= 0.3 is 0 Å². The molecule has 0 saturated heterocycles. The van der Waals surface area contributed by atoms with Gasteiger partial charge in [0.1, 0.15) is 0 Å². The smallest absolute Gasteiger partial charge is 0.230 e. The largest absolute Gasteiger partial charge is 0.446 e. The van der Waals surface area contributed by atoms with Crippen LogP contribution in [-0.2, 0) is 0 Å². The highest BCUT2D eigenvalue weighted by molar-refractivity contribution is 5.90. The van der Waals surface area contributed by atoms with Crippen LogP contribution in [0.2, 0.25) is 0 Å². The van der Waals surface area contributed by atoms with Crippen molar-refractivity contribution in [2.75, 3.05) is 0 Å². The fourth-order valence-electron chi connectivity index (χ4n) is 2.39. The molecule has 2 aromatic carbocycles. The Morgan fingerprint density at radius 2 is 1.33 bits per heavy atom. The van der Waals surface area contributed by atoms with Crippen LogP contribution in [0.1, 0.15) is 0 Å². The molecule has 0 N–H and O–H groups in total. The molecule has 2 heterocycles. The van der Waals surface area contributed by atoms with Gasteiger partial charge in [-0.05, 0) is 6.07 Å². The van der Waals surface area contributed by atoms with Crippen LogP contribution in [0, 0.1) is 0 Å². The molecule has 4 rings (SSSR count). The average molecular weight is 272 g/mol. The Morgan fingerprint density at radius 1 is 0.667 bits per heavy atom. The first kappa shape index (κ1) is 11.9. The summed E-state index contributed by atoms with van der Waals surface area (Å²) in [6.07, 6.45) is 1.65. The van der Waals surface area contributed by atoms with Crippen molar-refractivity contribution in [1.29, 1.82) is 0 Å². The first-order valence-corrected chi connectivity index (χ1v) is 6.78. The van der Waals surface area contributed by atoms with Crippen LogP contribution in [0.5, 0.6) is 0 Å². The van der Waals surface area contributed by atoms with E-state index >= 15 is 0 Å². The number of benzene rings is 2. The van der Waals surface area contributed by atoms with Crippen LogP contribution in [0.4, 0.5) is 0 Å². The summed E-state index contributed by atoms with van der Waals surface area (Å²) in [4.78, 5) is 9.26. The van der Waals surface area contributed by atoms with Crippen molar-refractivity contribution in [2.45, 2.75) is 0 Å². The van der Waals surface area contributed by atoms with Gasteiger partial charge in [0.05, 0.1) is 17.3 Å². The second-order valence-electron chi connectivity index (χ2n) is 4.77. The molecule has 100 valence electrons. The van der Waals surface area contributed by atoms with Crippen molar-refractivity contribution in [1.82, 2.24) is 9.97 Å². The van der Waals surface area contributed by atoms with E-state index in [9.17, 15) is 0 Å². The van der Waals surface area contributed by atoms with Crippen LogP contribution in [0.15, 0.2) is 77.4 Å². The van der Waals surface area contributed by atoms with E-state index in [1.165, 1.54) is 0 Å². The molecule has 0 spiro atoms. The average Bonchev–Trinajstić information content (AvgIpc) is 3.04. The second-order valence-corrected chi connectivity index (χ2v) is 4.77. The summed E-state index contributed by atoms with van der Waals surface area (Å²) in [7, 11) is 0. The lowest BCUT2D eigenvalue weighted by Crippen LogP contribution is -1.93. The van der Waals surface area contributed by atoms with Crippen LogP contribution in [0.25, 0.3) is 33.7 Å². The summed E-state index contributed by atoms with van der Waals surface area (Å²) in [5.74, 6) is 0.678. The van der Waals surface area contributed by atoms with Gasteiger partial charge in [-0.2, -0.15) is 4.98 Å². The van der Waals surface area contributed by atoms with E-state index in [-0.39, 0.29) is 0 Å². The lowest BCUT2D eigenvalue weighted by Gasteiger charge is -2.05. The number of hydrogen-bond acceptors (Lipinski definition) is 3. The number of rotatable bonds is 2. The van der Waals surface area contributed by atoms with E-state index in [0.29, 0.717) is 11.5 Å². The van der Waals surface area contributed by atoms with Gasteiger partial charge in [0, 0.05) is 11.1 Å². The van der Waals surface area contributed by atoms with Gasteiger partial charge in [-0.25, -0.2) is 4.98 Å². The molecule has 3 heteroatoms. The second kappa shape index (κ2) is 4.87. The number of aromatic nitrogens is 2. The summed E-state index contributed by atoms with van der Waals surface area (Å²) < 4.78 is 5.49. The van der Waals surface area contributed by atoms with Gasteiger partial charge in [0.2, 0.25) is 5.71 Å². The molecule has 21 heavy (non-hydrogen) atoms. The maximum Gasteiger partial charge on any atom is 0.230 e. The van der Waals surface area contributed by atoms with E-state index in [1.54, 1.807) is 6.26 Å². The lowest BCUT2D eigenvalue weighted by atomic mass is 10.1. The Hall–Kier alpha value is -2.94. The van der Waals surface area contributed by atoms with Gasteiger partial charge in [0.25, 0.3) is 0 Å². The molecule has 3 nitrogen and oxygen atoms in total.